The Morgan fingerprint density at radius 1 is 1.71 bits per heavy atom. The van der Waals surface area contributed by atoms with E-state index in [1.807, 2.05) is 4.90 Å². The second kappa shape index (κ2) is 4.13. The normalized spacial score (nSPS) is 25.9. The van der Waals surface area contributed by atoms with Crippen molar-refractivity contribution < 1.29 is 4.79 Å². The van der Waals surface area contributed by atoms with E-state index in [0.717, 1.165) is 19.5 Å². The zero-order chi connectivity index (χ0) is 10.8. The van der Waals surface area contributed by atoms with Crippen LogP contribution in [0.4, 0.5) is 0 Å². The van der Waals surface area contributed by atoms with Gasteiger partial charge in [-0.2, -0.15) is 0 Å². The predicted octanol–water partition coefficient (Wildman–Crippen LogP) is 1.15. The van der Waals surface area contributed by atoms with Crippen LogP contribution < -0.4 is 5.73 Å². The van der Waals surface area contributed by atoms with E-state index in [4.69, 9.17) is 5.73 Å². The van der Waals surface area contributed by atoms with Gasteiger partial charge in [0.15, 0.2) is 0 Å². The lowest BCUT2D eigenvalue weighted by atomic mass is 9.79. The first-order chi connectivity index (χ1) is 6.47. The van der Waals surface area contributed by atoms with E-state index in [1.54, 1.807) is 6.08 Å². The summed E-state index contributed by atoms with van der Waals surface area (Å²) in [5, 5.41) is 0. The maximum absolute atomic E-state index is 11.6. The lowest BCUT2D eigenvalue weighted by molar-refractivity contribution is -0.133. The fourth-order valence-corrected chi connectivity index (χ4v) is 1.84. The third-order valence-corrected chi connectivity index (χ3v) is 2.98. The van der Waals surface area contributed by atoms with Crippen LogP contribution in [0.15, 0.2) is 12.7 Å². The molecule has 1 unspecified atom stereocenters. The molecule has 0 bridgehead atoms. The van der Waals surface area contributed by atoms with Gasteiger partial charge in [-0.05, 0) is 11.8 Å². The first-order valence-corrected chi connectivity index (χ1v) is 5.11. The van der Waals surface area contributed by atoms with Crippen LogP contribution in [0, 0.1) is 5.41 Å². The molecule has 1 amide bonds. The highest BCUT2D eigenvalue weighted by molar-refractivity contribution is 5.77. The van der Waals surface area contributed by atoms with Gasteiger partial charge in [0.05, 0.1) is 0 Å². The molecule has 0 aliphatic carbocycles. The van der Waals surface area contributed by atoms with Crippen molar-refractivity contribution in [2.45, 2.75) is 32.7 Å². The summed E-state index contributed by atoms with van der Waals surface area (Å²) >= 11 is 0. The SMILES string of the molecule is C=CCC(=O)N1CCC(N)C(C)(C)C1. The van der Waals surface area contributed by atoms with Crippen LogP contribution in [0.3, 0.4) is 0 Å². The molecule has 0 saturated carbocycles. The number of hydrogen-bond donors (Lipinski definition) is 1. The largest absolute Gasteiger partial charge is 0.342 e. The zero-order valence-corrected chi connectivity index (χ0v) is 9.12. The van der Waals surface area contributed by atoms with Crippen LogP contribution in [0.5, 0.6) is 0 Å². The van der Waals surface area contributed by atoms with Crippen molar-refractivity contribution in [1.82, 2.24) is 4.90 Å². The van der Waals surface area contributed by atoms with Gasteiger partial charge in [-0.1, -0.05) is 19.9 Å². The van der Waals surface area contributed by atoms with Gasteiger partial charge in [-0.15, -0.1) is 6.58 Å². The van der Waals surface area contributed by atoms with Crippen LogP contribution in [0.2, 0.25) is 0 Å². The summed E-state index contributed by atoms with van der Waals surface area (Å²) in [4.78, 5) is 13.5. The lowest BCUT2D eigenvalue weighted by Gasteiger charge is -2.42. The first-order valence-electron chi connectivity index (χ1n) is 5.11. The minimum atomic E-state index is 0.0368. The number of piperidine rings is 1. The molecule has 80 valence electrons. The standard InChI is InChI=1S/C11H20N2O/c1-4-5-10(14)13-7-6-9(12)11(2,3)8-13/h4,9H,1,5-8,12H2,2-3H3. The Bertz CT molecular complexity index is 235. The molecule has 1 heterocycles. The number of carbonyl (C=O) groups excluding carboxylic acids is 1. The van der Waals surface area contributed by atoms with Gasteiger partial charge in [0.1, 0.15) is 0 Å². The fraction of sp³-hybridized carbons (Fsp3) is 0.727. The van der Waals surface area contributed by atoms with Gasteiger partial charge >= 0.3 is 0 Å². The molecule has 1 saturated heterocycles. The Balaban J connectivity index is 2.59. The summed E-state index contributed by atoms with van der Waals surface area (Å²) in [5.74, 6) is 0.167. The Morgan fingerprint density at radius 2 is 2.36 bits per heavy atom. The van der Waals surface area contributed by atoms with E-state index in [9.17, 15) is 4.79 Å². The number of nitrogens with two attached hydrogens (primary N) is 1. The maximum Gasteiger partial charge on any atom is 0.226 e. The third kappa shape index (κ3) is 2.35. The topological polar surface area (TPSA) is 46.3 Å². The van der Waals surface area contributed by atoms with Gasteiger partial charge in [0.2, 0.25) is 5.91 Å². The molecule has 2 N–H and O–H groups in total. The highest BCUT2D eigenvalue weighted by Gasteiger charge is 2.34. The summed E-state index contributed by atoms with van der Waals surface area (Å²) < 4.78 is 0. The minimum absolute atomic E-state index is 0.0368. The van der Waals surface area contributed by atoms with E-state index >= 15 is 0 Å². The molecule has 0 aromatic carbocycles. The fourth-order valence-electron chi connectivity index (χ4n) is 1.84. The van der Waals surface area contributed by atoms with E-state index in [0.29, 0.717) is 6.42 Å². The van der Waals surface area contributed by atoms with Crippen molar-refractivity contribution in [2.75, 3.05) is 13.1 Å². The summed E-state index contributed by atoms with van der Waals surface area (Å²) in [5.41, 5.74) is 6.03. The van der Waals surface area contributed by atoms with Crippen molar-refractivity contribution >= 4 is 5.91 Å². The van der Waals surface area contributed by atoms with Gasteiger partial charge in [0.25, 0.3) is 0 Å². The molecular formula is C11H20N2O. The van der Waals surface area contributed by atoms with Gasteiger partial charge in [-0.3, -0.25) is 4.79 Å². The average Bonchev–Trinajstić information content (AvgIpc) is 2.10. The number of nitrogens with zero attached hydrogens (tertiary/aromatic N) is 1. The Labute approximate surface area is 86.0 Å². The van der Waals surface area contributed by atoms with Crippen molar-refractivity contribution in [3.05, 3.63) is 12.7 Å². The summed E-state index contributed by atoms with van der Waals surface area (Å²) in [6, 6.07) is 0.204. The number of carbonyl (C=O) groups is 1. The molecule has 14 heavy (non-hydrogen) atoms. The monoisotopic (exact) mass is 196 g/mol. The molecule has 0 aromatic rings. The van der Waals surface area contributed by atoms with Crippen molar-refractivity contribution in [3.8, 4) is 0 Å². The van der Waals surface area contributed by atoms with Gasteiger partial charge in [0, 0.05) is 25.6 Å². The average molecular weight is 196 g/mol. The molecule has 3 heteroatoms. The highest BCUT2D eigenvalue weighted by Crippen LogP contribution is 2.27. The summed E-state index contributed by atoms with van der Waals surface area (Å²) in [7, 11) is 0. The minimum Gasteiger partial charge on any atom is -0.342 e. The van der Waals surface area contributed by atoms with E-state index in [-0.39, 0.29) is 17.4 Å². The summed E-state index contributed by atoms with van der Waals surface area (Å²) in [6.07, 6.45) is 2.99. The molecule has 1 fully saturated rings. The number of rotatable bonds is 2. The number of hydrogen-bond acceptors (Lipinski definition) is 2. The number of amides is 1. The van der Waals surface area contributed by atoms with Gasteiger partial charge < -0.3 is 10.6 Å². The molecule has 0 radical (unpaired) electrons. The molecule has 1 atom stereocenters. The predicted molar refractivity (Wildman–Crippen MR) is 57.8 cm³/mol. The molecule has 1 rings (SSSR count). The molecule has 0 aromatic heterocycles. The second-order valence-electron chi connectivity index (χ2n) is 4.69. The molecule has 0 spiro atoms. The van der Waals surface area contributed by atoms with Crippen molar-refractivity contribution in [3.63, 3.8) is 0 Å². The number of likely N-dealkylation sites (tertiary alicyclic amines) is 1. The smallest absolute Gasteiger partial charge is 0.226 e. The Morgan fingerprint density at radius 3 is 2.86 bits per heavy atom. The highest BCUT2D eigenvalue weighted by atomic mass is 16.2. The molecule has 1 aliphatic rings. The first kappa shape index (κ1) is 11.2. The van der Waals surface area contributed by atoms with Gasteiger partial charge in [-0.25, -0.2) is 0 Å². The van der Waals surface area contributed by atoms with E-state index in [1.165, 1.54) is 0 Å². The second-order valence-corrected chi connectivity index (χ2v) is 4.69. The van der Waals surface area contributed by atoms with Crippen LogP contribution >= 0.6 is 0 Å². The lowest BCUT2D eigenvalue weighted by Crippen LogP contribution is -2.53. The Hall–Kier alpha value is -0.830. The van der Waals surface area contributed by atoms with Crippen LogP contribution in [-0.4, -0.2) is 29.9 Å². The Kier molecular flexibility index (Phi) is 3.32. The van der Waals surface area contributed by atoms with E-state index < -0.39 is 0 Å². The van der Waals surface area contributed by atoms with Crippen molar-refractivity contribution in [1.29, 1.82) is 0 Å². The van der Waals surface area contributed by atoms with E-state index in [2.05, 4.69) is 20.4 Å². The van der Waals surface area contributed by atoms with Crippen LogP contribution in [-0.2, 0) is 4.79 Å². The maximum atomic E-state index is 11.6. The van der Waals surface area contributed by atoms with Crippen LogP contribution in [0.1, 0.15) is 26.7 Å². The van der Waals surface area contributed by atoms with Crippen LogP contribution in [0.25, 0.3) is 0 Å². The molecule has 3 nitrogen and oxygen atoms in total. The molecular weight excluding hydrogens is 176 g/mol. The summed E-state index contributed by atoms with van der Waals surface area (Å²) in [6.45, 7) is 9.36. The quantitative estimate of drug-likeness (QED) is 0.673. The third-order valence-electron chi connectivity index (χ3n) is 2.98. The molecule has 1 aliphatic heterocycles. The van der Waals surface area contributed by atoms with Crippen molar-refractivity contribution in [2.24, 2.45) is 11.1 Å². The zero-order valence-electron chi connectivity index (χ0n) is 9.12.